The molecule has 1 rings (SSSR count). The smallest absolute Gasteiger partial charge is 0.152 e. The molecular weight excluding hydrogens is 160 g/mol. The van der Waals surface area contributed by atoms with Crippen molar-refractivity contribution >= 4 is 5.78 Å². The summed E-state index contributed by atoms with van der Waals surface area (Å²) in [6.45, 7) is 6.05. The molecule has 1 heteroatoms. The molecule has 0 radical (unpaired) electrons. The molecule has 1 aliphatic rings. The molecule has 0 aromatic carbocycles. The molecule has 2 unspecified atom stereocenters. The molecule has 0 fully saturated rings. The Bertz CT molecular complexity index is 248. The molecule has 0 aromatic rings. The minimum Gasteiger partial charge on any atom is -0.295 e. The first kappa shape index (κ1) is 10.2. The molecule has 1 nitrogen and oxygen atoms in total. The van der Waals surface area contributed by atoms with E-state index in [2.05, 4.69) is 19.9 Å². The molecule has 0 N–H and O–H groups in total. The fourth-order valence-electron chi connectivity index (χ4n) is 1.69. The summed E-state index contributed by atoms with van der Waals surface area (Å²) >= 11 is 0. The number of carbonyl (C=O) groups is 1. The van der Waals surface area contributed by atoms with Crippen molar-refractivity contribution in [2.75, 3.05) is 0 Å². The van der Waals surface area contributed by atoms with Crippen molar-refractivity contribution < 1.29 is 4.79 Å². The zero-order valence-corrected chi connectivity index (χ0v) is 8.71. The van der Waals surface area contributed by atoms with Gasteiger partial charge in [0.2, 0.25) is 0 Å². The van der Waals surface area contributed by atoms with Gasteiger partial charge in [-0.15, -0.1) is 0 Å². The highest BCUT2D eigenvalue weighted by atomic mass is 16.1. The van der Waals surface area contributed by atoms with Crippen molar-refractivity contribution in [2.24, 2.45) is 11.8 Å². The fourth-order valence-corrected chi connectivity index (χ4v) is 1.69. The molecule has 0 spiro atoms. The number of carbonyl (C=O) groups excluding carboxylic acids is 1. The first-order chi connectivity index (χ1) is 6.09. The van der Waals surface area contributed by atoms with Crippen LogP contribution in [0.25, 0.3) is 0 Å². The molecule has 0 aliphatic heterocycles. The lowest BCUT2D eigenvalue weighted by Gasteiger charge is -2.22. The Balaban J connectivity index is 2.70. The maximum absolute atomic E-state index is 10.8. The maximum atomic E-state index is 10.8. The van der Waals surface area contributed by atoms with Gasteiger partial charge < -0.3 is 0 Å². The van der Waals surface area contributed by atoms with E-state index in [4.69, 9.17) is 0 Å². The SMILES string of the molecule is CC(=O)C=CC1=CC(C)CCC1C. The van der Waals surface area contributed by atoms with Crippen LogP contribution in [0.1, 0.15) is 33.6 Å². The van der Waals surface area contributed by atoms with Crippen LogP contribution in [0.4, 0.5) is 0 Å². The zero-order chi connectivity index (χ0) is 9.84. The normalized spacial score (nSPS) is 29.0. The summed E-state index contributed by atoms with van der Waals surface area (Å²) in [5.74, 6) is 1.42. The fraction of sp³-hybridized carbons (Fsp3) is 0.583. The standard InChI is InChI=1S/C12H18O/c1-9-4-5-10(2)12(8-9)7-6-11(3)13/h6-10H,4-5H2,1-3H3. The van der Waals surface area contributed by atoms with Gasteiger partial charge in [0, 0.05) is 0 Å². The van der Waals surface area contributed by atoms with E-state index in [0.717, 1.165) is 0 Å². The highest BCUT2D eigenvalue weighted by molar-refractivity contribution is 5.87. The van der Waals surface area contributed by atoms with Gasteiger partial charge in [-0.25, -0.2) is 0 Å². The van der Waals surface area contributed by atoms with E-state index in [0.29, 0.717) is 11.8 Å². The van der Waals surface area contributed by atoms with Gasteiger partial charge in [0.25, 0.3) is 0 Å². The number of ketones is 1. The Morgan fingerprint density at radius 2 is 2.15 bits per heavy atom. The summed E-state index contributed by atoms with van der Waals surface area (Å²) < 4.78 is 0. The van der Waals surface area contributed by atoms with Gasteiger partial charge in [-0.05, 0) is 43.3 Å². The molecule has 13 heavy (non-hydrogen) atoms. The summed E-state index contributed by atoms with van der Waals surface area (Å²) in [7, 11) is 0. The Kier molecular flexibility index (Phi) is 3.47. The first-order valence-corrected chi connectivity index (χ1v) is 5.00. The van der Waals surface area contributed by atoms with Crippen LogP contribution < -0.4 is 0 Å². The highest BCUT2D eigenvalue weighted by Crippen LogP contribution is 2.28. The van der Waals surface area contributed by atoms with E-state index in [9.17, 15) is 4.79 Å². The van der Waals surface area contributed by atoms with E-state index >= 15 is 0 Å². The molecule has 0 aromatic heterocycles. The third kappa shape index (κ3) is 3.17. The molecule has 0 saturated heterocycles. The molecule has 72 valence electrons. The van der Waals surface area contributed by atoms with Crippen LogP contribution in [-0.4, -0.2) is 5.78 Å². The minimum atomic E-state index is 0.131. The summed E-state index contributed by atoms with van der Waals surface area (Å²) in [5.41, 5.74) is 1.33. The maximum Gasteiger partial charge on any atom is 0.152 e. The lowest BCUT2D eigenvalue weighted by atomic mass is 9.84. The van der Waals surface area contributed by atoms with Gasteiger partial charge in [-0.3, -0.25) is 4.79 Å². The number of hydrogen-bond donors (Lipinski definition) is 0. The van der Waals surface area contributed by atoms with E-state index < -0.39 is 0 Å². The second-order valence-corrected chi connectivity index (χ2v) is 4.07. The van der Waals surface area contributed by atoms with E-state index in [-0.39, 0.29) is 5.78 Å². The van der Waals surface area contributed by atoms with Crippen molar-refractivity contribution in [3.8, 4) is 0 Å². The second kappa shape index (κ2) is 4.40. The largest absolute Gasteiger partial charge is 0.295 e. The molecule has 0 saturated carbocycles. The molecule has 2 atom stereocenters. The molecular formula is C12H18O. The van der Waals surface area contributed by atoms with Gasteiger partial charge in [0.05, 0.1) is 0 Å². The zero-order valence-electron chi connectivity index (χ0n) is 8.71. The van der Waals surface area contributed by atoms with Gasteiger partial charge >= 0.3 is 0 Å². The number of hydrogen-bond acceptors (Lipinski definition) is 1. The van der Waals surface area contributed by atoms with Crippen molar-refractivity contribution in [3.05, 3.63) is 23.8 Å². The van der Waals surface area contributed by atoms with Gasteiger partial charge in [0.15, 0.2) is 5.78 Å². The van der Waals surface area contributed by atoms with Crippen molar-refractivity contribution in [1.82, 2.24) is 0 Å². The molecule has 1 aliphatic carbocycles. The van der Waals surface area contributed by atoms with Gasteiger partial charge in [-0.2, -0.15) is 0 Å². The van der Waals surface area contributed by atoms with Crippen LogP contribution in [0, 0.1) is 11.8 Å². The molecule has 0 amide bonds. The van der Waals surface area contributed by atoms with Crippen LogP contribution >= 0.6 is 0 Å². The Morgan fingerprint density at radius 1 is 1.46 bits per heavy atom. The summed E-state index contributed by atoms with van der Waals surface area (Å²) in [4.78, 5) is 10.8. The van der Waals surface area contributed by atoms with Crippen LogP contribution in [0.2, 0.25) is 0 Å². The van der Waals surface area contributed by atoms with Crippen LogP contribution in [0.15, 0.2) is 23.8 Å². The molecule has 0 bridgehead atoms. The summed E-state index contributed by atoms with van der Waals surface area (Å²) in [6.07, 6.45) is 8.45. The lowest BCUT2D eigenvalue weighted by Crippen LogP contribution is -2.08. The number of rotatable bonds is 2. The first-order valence-electron chi connectivity index (χ1n) is 5.00. The van der Waals surface area contributed by atoms with E-state index in [1.54, 1.807) is 13.0 Å². The highest BCUT2D eigenvalue weighted by Gasteiger charge is 2.14. The van der Waals surface area contributed by atoms with Crippen molar-refractivity contribution in [3.63, 3.8) is 0 Å². The van der Waals surface area contributed by atoms with Gasteiger partial charge in [-0.1, -0.05) is 26.0 Å². The van der Waals surface area contributed by atoms with Gasteiger partial charge in [0.1, 0.15) is 0 Å². The average molecular weight is 178 g/mol. The third-order valence-electron chi connectivity index (χ3n) is 2.61. The third-order valence-corrected chi connectivity index (χ3v) is 2.61. The van der Waals surface area contributed by atoms with Crippen molar-refractivity contribution in [2.45, 2.75) is 33.6 Å². The number of allylic oxidation sites excluding steroid dienone is 4. The van der Waals surface area contributed by atoms with Crippen molar-refractivity contribution in [1.29, 1.82) is 0 Å². The van der Waals surface area contributed by atoms with Crippen LogP contribution in [0.5, 0.6) is 0 Å². The van der Waals surface area contributed by atoms with Crippen LogP contribution in [-0.2, 0) is 4.79 Å². The summed E-state index contributed by atoms with van der Waals surface area (Å²) in [5, 5.41) is 0. The van der Waals surface area contributed by atoms with E-state index in [1.807, 2.05) is 6.08 Å². The predicted molar refractivity (Wildman–Crippen MR) is 55.5 cm³/mol. The topological polar surface area (TPSA) is 17.1 Å². The van der Waals surface area contributed by atoms with E-state index in [1.165, 1.54) is 18.4 Å². The Hall–Kier alpha value is -0.850. The Labute approximate surface area is 80.5 Å². The quantitative estimate of drug-likeness (QED) is 0.594. The minimum absolute atomic E-state index is 0.131. The monoisotopic (exact) mass is 178 g/mol. The molecule has 0 heterocycles. The lowest BCUT2D eigenvalue weighted by molar-refractivity contribution is -0.112. The Morgan fingerprint density at radius 3 is 2.77 bits per heavy atom. The van der Waals surface area contributed by atoms with Crippen LogP contribution in [0.3, 0.4) is 0 Å². The second-order valence-electron chi connectivity index (χ2n) is 4.07. The summed E-state index contributed by atoms with van der Waals surface area (Å²) in [6, 6.07) is 0. The predicted octanol–water partition coefficient (Wildman–Crippen LogP) is 3.12. The average Bonchev–Trinajstić information content (AvgIpc) is 2.06.